The summed E-state index contributed by atoms with van der Waals surface area (Å²) in [6, 6.07) is 19.6. The number of ether oxygens (including phenoxy) is 4. The third-order valence-electron chi connectivity index (χ3n) is 4.73. The van der Waals surface area contributed by atoms with Gasteiger partial charge in [0.15, 0.2) is 0 Å². The van der Waals surface area contributed by atoms with Crippen LogP contribution >= 0.6 is 0 Å². The highest BCUT2D eigenvalue weighted by atomic mass is 16.6. The Hall–Kier alpha value is -2.96. The minimum atomic E-state index is -0.669. The van der Waals surface area contributed by atoms with Crippen molar-refractivity contribution in [2.75, 3.05) is 13.7 Å². The van der Waals surface area contributed by atoms with Crippen molar-refractivity contribution < 1.29 is 28.5 Å². The zero-order valence-corrected chi connectivity index (χ0v) is 18.2. The lowest BCUT2D eigenvalue weighted by atomic mass is 9.97. The first-order valence-electron chi connectivity index (χ1n) is 10.2. The van der Waals surface area contributed by atoms with Gasteiger partial charge in [0.25, 0.3) is 0 Å². The fourth-order valence-electron chi connectivity index (χ4n) is 2.96. The summed E-state index contributed by atoms with van der Waals surface area (Å²) in [6.07, 6.45) is 1.73. The number of hydrogen-bond acceptors (Lipinski definition) is 6. The third kappa shape index (κ3) is 9.15. The van der Waals surface area contributed by atoms with E-state index < -0.39 is 18.0 Å². The normalized spacial score (nSPS) is 14.0. The van der Waals surface area contributed by atoms with Crippen LogP contribution in [-0.4, -0.2) is 37.9 Å². The first-order valence-corrected chi connectivity index (χ1v) is 10.2. The highest BCUT2D eigenvalue weighted by molar-refractivity contribution is 5.81. The van der Waals surface area contributed by atoms with Crippen LogP contribution in [0.2, 0.25) is 0 Å². The van der Waals surface area contributed by atoms with E-state index in [0.29, 0.717) is 19.8 Å². The van der Waals surface area contributed by atoms with Crippen LogP contribution in [0, 0.1) is 5.92 Å². The van der Waals surface area contributed by atoms with Crippen LogP contribution in [0.4, 0.5) is 0 Å². The van der Waals surface area contributed by atoms with Gasteiger partial charge in [0.05, 0.1) is 33.0 Å². The third-order valence-corrected chi connectivity index (χ3v) is 4.73. The van der Waals surface area contributed by atoms with Gasteiger partial charge in [0, 0.05) is 18.9 Å². The first kappa shape index (κ1) is 24.3. The van der Waals surface area contributed by atoms with Crippen molar-refractivity contribution in [2.45, 2.75) is 39.3 Å². The van der Waals surface area contributed by atoms with Gasteiger partial charge in [0.1, 0.15) is 6.10 Å². The molecule has 166 valence electrons. The van der Waals surface area contributed by atoms with E-state index in [-0.39, 0.29) is 12.0 Å². The summed E-state index contributed by atoms with van der Waals surface area (Å²) in [6.45, 7) is 4.36. The van der Waals surface area contributed by atoms with E-state index in [9.17, 15) is 9.59 Å². The van der Waals surface area contributed by atoms with E-state index >= 15 is 0 Å². The molecule has 0 aromatic heterocycles. The number of hydrogen-bond donors (Lipinski definition) is 0. The molecule has 0 heterocycles. The van der Waals surface area contributed by atoms with Gasteiger partial charge >= 0.3 is 11.9 Å². The molecule has 2 rings (SSSR count). The van der Waals surface area contributed by atoms with Gasteiger partial charge in [-0.15, -0.1) is 0 Å². The first-order chi connectivity index (χ1) is 15.0. The summed E-state index contributed by atoms with van der Waals surface area (Å²) in [4.78, 5) is 23.2. The minimum absolute atomic E-state index is 0.274. The summed E-state index contributed by atoms with van der Waals surface area (Å²) < 4.78 is 22.1. The van der Waals surface area contributed by atoms with Gasteiger partial charge in [-0.1, -0.05) is 67.6 Å². The van der Waals surface area contributed by atoms with E-state index in [0.717, 1.165) is 11.1 Å². The molecule has 3 atom stereocenters. The van der Waals surface area contributed by atoms with Crippen molar-refractivity contribution in [3.8, 4) is 0 Å². The van der Waals surface area contributed by atoms with Crippen LogP contribution in [-0.2, 0) is 41.8 Å². The van der Waals surface area contributed by atoms with E-state index in [1.807, 2.05) is 67.6 Å². The number of methoxy groups -OCH3 is 1. The molecule has 0 unspecified atom stereocenters. The maximum atomic E-state index is 11.6. The minimum Gasteiger partial charge on any atom is -0.466 e. The van der Waals surface area contributed by atoms with Gasteiger partial charge in [-0.25, -0.2) is 4.79 Å². The van der Waals surface area contributed by atoms with Crippen LogP contribution in [0.3, 0.4) is 0 Å². The standard InChI is InChI=1S/C25H30O6/c1-19(23(31-20(2)26)14-15-25(27)28-3)24(30-17-22-12-8-5-9-13-22)18-29-16-21-10-6-4-7-11-21/h4-15,19,23-24H,16-18H2,1-3H3/b15-14+/t19-,23+,24-/m0/s1. The predicted molar refractivity (Wildman–Crippen MR) is 117 cm³/mol. The second-order valence-corrected chi connectivity index (χ2v) is 7.15. The molecule has 0 fully saturated rings. The van der Waals surface area contributed by atoms with Crippen LogP contribution in [0.25, 0.3) is 0 Å². The average molecular weight is 427 g/mol. The topological polar surface area (TPSA) is 71.1 Å². The fraction of sp³-hybridized carbons (Fsp3) is 0.360. The van der Waals surface area contributed by atoms with Gasteiger partial charge in [-0.05, 0) is 17.2 Å². The van der Waals surface area contributed by atoms with Crippen molar-refractivity contribution in [2.24, 2.45) is 5.92 Å². The molecule has 31 heavy (non-hydrogen) atoms. The SMILES string of the molecule is COC(=O)/C=C/[C@@H](OC(C)=O)[C@H](C)[C@H](COCc1ccccc1)OCc1ccccc1. The molecule has 0 aliphatic heterocycles. The maximum Gasteiger partial charge on any atom is 0.330 e. The van der Waals surface area contributed by atoms with E-state index in [1.165, 1.54) is 26.2 Å². The van der Waals surface area contributed by atoms with Gasteiger partial charge < -0.3 is 18.9 Å². The number of benzene rings is 2. The second-order valence-electron chi connectivity index (χ2n) is 7.15. The lowest BCUT2D eigenvalue weighted by Gasteiger charge is -2.29. The van der Waals surface area contributed by atoms with E-state index in [2.05, 4.69) is 4.74 Å². The summed E-state index contributed by atoms with van der Waals surface area (Å²) >= 11 is 0. The van der Waals surface area contributed by atoms with Gasteiger partial charge in [0.2, 0.25) is 0 Å². The smallest absolute Gasteiger partial charge is 0.330 e. The molecule has 0 aliphatic rings. The summed E-state index contributed by atoms with van der Waals surface area (Å²) in [7, 11) is 1.29. The summed E-state index contributed by atoms with van der Waals surface area (Å²) in [5, 5.41) is 0. The number of carbonyl (C=O) groups excluding carboxylic acids is 2. The molecule has 0 saturated carbocycles. The van der Waals surface area contributed by atoms with Crippen molar-refractivity contribution in [1.82, 2.24) is 0 Å². The Labute approximate surface area is 183 Å². The quantitative estimate of drug-likeness (QED) is 0.376. The highest BCUT2D eigenvalue weighted by Gasteiger charge is 2.28. The van der Waals surface area contributed by atoms with Crippen molar-refractivity contribution in [3.63, 3.8) is 0 Å². The lowest BCUT2D eigenvalue weighted by Crippen LogP contribution is -2.36. The Morgan fingerprint density at radius 1 is 0.935 bits per heavy atom. The molecule has 6 nitrogen and oxygen atoms in total. The Kier molecular flexibility index (Phi) is 10.5. The molecule has 0 radical (unpaired) electrons. The Balaban J connectivity index is 2.10. The molecule has 0 bridgehead atoms. The van der Waals surface area contributed by atoms with Crippen molar-refractivity contribution in [1.29, 1.82) is 0 Å². The number of rotatable bonds is 12. The fourth-order valence-corrected chi connectivity index (χ4v) is 2.96. The molecule has 0 aliphatic carbocycles. The van der Waals surface area contributed by atoms with Crippen LogP contribution < -0.4 is 0 Å². The average Bonchev–Trinajstić information content (AvgIpc) is 2.79. The molecule has 0 saturated heterocycles. The Bertz CT molecular complexity index is 818. The predicted octanol–water partition coefficient (Wildman–Crippen LogP) is 4.09. The molecule has 2 aromatic carbocycles. The Morgan fingerprint density at radius 3 is 2.06 bits per heavy atom. The molecule has 6 heteroatoms. The van der Waals surface area contributed by atoms with E-state index in [4.69, 9.17) is 14.2 Å². The van der Waals surface area contributed by atoms with Crippen molar-refractivity contribution >= 4 is 11.9 Å². The zero-order valence-electron chi connectivity index (χ0n) is 18.2. The lowest BCUT2D eigenvalue weighted by molar-refractivity contribution is -0.151. The monoisotopic (exact) mass is 426 g/mol. The molecule has 0 spiro atoms. The molecular weight excluding hydrogens is 396 g/mol. The molecule has 0 amide bonds. The van der Waals surface area contributed by atoms with E-state index in [1.54, 1.807) is 0 Å². The maximum absolute atomic E-state index is 11.6. The highest BCUT2D eigenvalue weighted by Crippen LogP contribution is 2.20. The van der Waals surface area contributed by atoms with Crippen LogP contribution in [0.5, 0.6) is 0 Å². The van der Waals surface area contributed by atoms with Gasteiger partial charge in [-0.3, -0.25) is 4.79 Å². The molecular formula is C25H30O6. The number of carbonyl (C=O) groups is 2. The summed E-state index contributed by atoms with van der Waals surface area (Å²) in [5.41, 5.74) is 2.08. The van der Waals surface area contributed by atoms with Crippen LogP contribution in [0.15, 0.2) is 72.8 Å². The van der Waals surface area contributed by atoms with Crippen molar-refractivity contribution in [3.05, 3.63) is 83.9 Å². The molecule has 2 aromatic rings. The number of esters is 2. The Morgan fingerprint density at radius 2 is 1.52 bits per heavy atom. The largest absolute Gasteiger partial charge is 0.466 e. The second kappa shape index (κ2) is 13.4. The van der Waals surface area contributed by atoms with Gasteiger partial charge in [-0.2, -0.15) is 0 Å². The summed E-state index contributed by atoms with van der Waals surface area (Å²) in [5.74, 6) is -1.24. The molecule has 0 N–H and O–H groups in total. The van der Waals surface area contributed by atoms with Crippen LogP contribution in [0.1, 0.15) is 25.0 Å². The zero-order chi connectivity index (χ0) is 22.5.